The van der Waals surface area contributed by atoms with Gasteiger partial charge in [-0.3, -0.25) is 9.69 Å². The summed E-state index contributed by atoms with van der Waals surface area (Å²) < 4.78 is 0. The highest BCUT2D eigenvalue weighted by Crippen LogP contribution is 2.39. The second kappa shape index (κ2) is 10.2. The number of anilines is 1. The molecule has 1 aliphatic heterocycles. The van der Waals surface area contributed by atoms with E-state index < -0.39 is 0 Å². The molecule has 1 heterocycles. The lowest BCUT2D eigenvalue weighted by molar-refractivity contribution is -0.113. The average molecular weight is 459 g/mol. The van der Waals surface area contributed by atoms with E-state index in [0.29, 0.717) is 10.1 Å². The second-order valence-electron chi connectivity index (χ2n) is 7.38. The Hall–Kier alpha value is -2.76. The molecule has 1 fully saturated rings. The van der Waals surface area contributed by atoms with Crippen molar-refractivity contribution >= 4 is 52.0 Å². The number of hydrogen-bond donors (Lipinski definition) is 0. The highest BCUT2D eigenvalue weighted by atomic mass is 32.2. The fraction of sp³-hybridized carbons (Fsp3) is 0.185. The predicted octanol–water partition coefficient (Wildman–Crippen LogP) is 7.34. The molecule has 0 saturated carbocycles. The summed E-state index contributed by atoms with van der Waals surface area (Å²) in [6.45, 7) is 4.24. The number of thioether (sulfide) groups is 2. The van der Waals surface area contributed by atoms with Crippen LogP contribution in [0, 0.1) is 0 Å². The van der Waals surface area contributed by atoms with Gasteiger partial charge >= 0.3 is 0 Å². The largest absolute Gasteiger partial charge is 0.271 e. The SMILES string of the molecule is CCc1ccccc1N=C1S/C(=C\c2ccc(SC)cc2)C(=O)N1c1ccccc1CC. The van der Waals surface area contributed by atoms with Crippen LogP contribution >= 0.6 is 23.5 Å². The van der Waals surface area contributed by atoms with Gasteiger partial charge < -0.3 is 0 Å². The molecule has 3 aromatic carbocycles. The van der Waals surface area contributed by atoms with Crippen LogP contribution in [-0.4, -0.2) is 17.3 Å². The van der Waals surface area contributed by atoms with E-state index >= 15 is 0 Å². The zero-order chi connectivity index (χ0) is 22.5. The van der Waals surface area contributed by atoms with E-state index in [1.807, 2.05) is 42.5 Å². The lowest BCUT2D eigenvalue weighted by atomic mass is 10.1. The number of aliphatic imine (C=N–C) groups is 1. The normalized spacial score (nSPS) is 16.3. The second-order valence-corrected chi connectivity index (χ2v) is 9.27. The number of carbonyl (C=O) groups is 1. The summed E-state index contributed by atoms with van der Waals surface area (Å²) in [5.74, 6) is -0.0300. The average Bonchev–Trinajstić information content (AvgIpc) is 3.14. The Morgan fingerprint density at radius 2 is 1.56 bits per heavy atom. The molecule has 5 heteroatoms. The quantitative estimate of drug-likeness (QED) is 0.286. The van der Waals surface area contributed by atoms with E-state index in [0.717, 1.165) is 35.3 Å². The Kier molecular flexibility index (Phi) is 7.18. The fourth-order valence-electron chi connectivity index (χ4n) is 3.66. The number of rotatable bonds is 6. The molecular formula is C27H26N2OS2. The van der Waals surface area contributed by atoms with Crippen molar-refractivity contribution in [2.75, 3.05) is 11.2 Å². The van der Waals surface area contributed by atoms with Crippen LogP contribution in [0.3, 0.4) is 0 Å². The summed E-state index contributed by atoms with van der Waals surface area (Å²) in [6, 6.07) is 24.5. The number of hydrogen-bond acceptors (Lipinski definition) is 4. The van der Waals surface area contributed by atoms with Crippen molar-refractivity contribution < 1.29 is 4.79 Å². The van der Waals surface area contributed by atoms with Crippen LogP contribution < -0.4 is 4.90 Å². The Bertz CT molecular complexity index is 1180. The summed E-state index contributed by atoms with van der Waals surface area (Å²) in [6.07, 6.45) is 5.76. The van der Waals surface area contributed by atoms with Crippen LogP contribution in [0.2, 0.25) is 0 Å². The molecule has 0 aromatic heterocycles. The maximum absolute atomic E-state index is 13.6. The lowest BCUT2D eigenvalue weighted by Gasteiger charge is -2.19. The Labute approximate surface area is 198 Å². The lowest BCUT2D eigenvalue weighted by Crippen LogP contribution is -2.29. The van der Waals surface area contributed by atoms with Gasteiger partial charge in [-0.05, 0) is 77.9 Å². The summed E-state index contributed by atoms with van der Waals surface area (Å²) in [7, 11) is 0. The van der Waals surface area contributed by atoms with Gasteiger partial charge in [0.2, 0.25) is 0 Å². The number of benzene rings is 3. The minimum absolute atomic E-state index is 0.0300. The van der Waals surface area contributed by atoms with Crippen molar-refractivity contribution in [3.8, 4) is 0 Å². The number of aryl methyl sites for hydroxylation is 2. The highest BCUT2D eigenvalue weighted by molar-refractivity contribution is 8.19. The maximum atomic E-state index is 13.6. The molecule has 3 aromatic rings. The van der Waals surface area contributed by atoms with Crippen LogP contribution in [0.25, 0.3) is 6.08 Å². The first-order chi connectivity index (χ1) is 15.6. The number of carbonyl (C=O) groups excluding carboxylic acids is 1. The first-order valence-corrected chi connectivity index (χ1v) is 12.8. The third kappa shape index (κ3) is 4.69. The van der Waals surface area contributed by atoms with Crippen LogP contribution in [-0.2, 0) is 17.6 Å². The Morgan fingerprint density at radius 1 is 0.906 bits per heavy atom. The van der Waals surface area contributed by atoms with Crippen LogP contribution in [0.4, 0.5) is 11.4 Å². The van der Waals surface area contributed by atoms with Crippen molar-refractivity contribution in [2.24, 2.45) is 4.99 Å². The van der Waals surface area contributed by atoms with E-state index in [1.54, 1.807) is 16.7 Å². The topological polar surface area (TPSA) is 32.7 Å². The molecule has 0 aliphatic carbocycles. The first-order valence-electron chi connectivity index (χ1n) is 10.8. The molecule has 1 saturated heterocycles. The van der Waals surface area contributed by atoms with E-state index in [1.165, 1.54) is 22.2 Å². The van der Waals surface area contributed by atoms with Crippen molar-refractivity contribution in [3.05, 3.63) is 94.4 Å². The molecule has 3 nitrogen and oxygen atoms in total. The summed E-state index contributed by atoms with van der Waals surface area (Å²) >= 11 is 3.15. The van der Waals surface area contributed by atoms with Gasteiger partial charge in [0.25, 0.3) is 5.91 Å². The molecule has 162 valence electrons. The first kappa shape index (κ1) is 22.4. The van der Waals surface area contributed by atoms with Gasteiger partial charge in [-0.25, -0.2) is 4.99 Å². The Morgan fingerprint density at radius 3 is 2.25 bits per heavy atom. The molecule has 0 bridgehead atoms. The molecule has 0 atom stereocenters. The minimum atomic E-state index is -0.0300. The van der Waals surface area contributed by atoms with Gasteiger partial charge in [-0.15, -0.1) is 11.8 Å². The maximum Gasteiger partial charge on any atom is 0.271 e. The zero-order valence-electron chi connectivity index (χ0n) is 18.5. The van der Waals surface area contributed by atoms with Crippen molar-refractivity contribution in [1.29, 1.82) is 0 Å². The molecule has 0 radical (unpaired) electrons. The standard InChI is InChI=1S/C27H26N2OS2/c1-4-20-10-6-8-12-23(20)28-27-29(24-13-9-7-11-21(24)5-2)26(30)25(32-27)18-19-14-16-22(31-3)17-15-19/h6-18H,4-5H2,1-3H3/b25-18-,28-27?. The number of nitrogens with zero attached hydrogens (tertiary/aromatic N) is 2. The van der Waals surface area contributed by atoms with Crippen LogP contribution in [0.1, 0.15) is 30.5 Å². The summed E-state index contributed by atoms with van der Waals surface area (Å²) in [4.78, 5) is 22.2. The monoisotopic (exact) mass is 458 g/mol. The molecule has 1 aliphatic rings. The van der Waals surface area contributed by atoms with Crippen molar-refractivity contribution in [2.45, 2.75) is 31.6 Å². The molecule has 0 unspecified atom stereocenters. The van der Waals surface area contributed by atoms with Gasteiger partial charge in [-0.1, -0.05) is 62.4 Å². The van der Waals surface area contributed by atoms with Gasteiger partial charge in [0, 0.05) is 4.90 Å². The van der Waals surface area contributed by atoms with Crippen molar-refractivity contribution in [1.82, 2.24) is 0 Å². The van der Waals surface area contributed by atoms with E-state index in [4.69, 9.17) is 4.99 Å². The third-order valence-electron chi connectivity index (χ3n) is 5.42. The van der Waals surface area contributed by atoms with Gasteiger partial charge in [0.1, 0.15) is 0 Å². The smallest absolute Gasteiger partial charge is 0.268 e. The fourth-order valence-corrected chi connectivity index (χ4v) is 5.06. The van der Waals surface area contributed by atoms with Gasteiger partial charge in [0.05, 0.1) is 16.3 Å². The number of para-hydroxylation sites is 2. The zero-order valence-corrected chi connectivity index (χ0v) is 20.2. The molecular weight excluding hydrogens is 432 g/mol. The number of amidine groups is 1. The Balaban J connectivity index is 1.81. The predicted molar refractivity (Wildman–Crippen MR) is 140 cm³/mol. The van der Waals surface area contributed by atoms with Crippen LogP contribution in [0.5, 0.6) is 0 Å². The highest BCUT2D eigenvalue weighted by Gasteiger charge is 2.35. The summed E-state index contributed by atoms with van der Waals surface area (Å²) in [5, 5.41) is 0.698. The van der Waals surface area contributed by atoms with Gasteiger partial charge in [-0.2, -0.15) is 0 Å². The van der Waals surface area contributed by atoms with E-state index in [-0.39, 0.29) is 5.91 Å². The summed E-state index contributed by atoms with van der Waals surface area (Å²) in [5.41, 5.74) is 5.12. The van der Waals surface area contributed by atoms with E-state index in [2.05, 4.69) is 56.5 Å². The molecule has 0 N–H and O–H groups in total. The molecule has 0 spiro atoms. The minimum Gasteiger partial charge on any atom is -0.268 e. The molecule has 4 rings (SSSR count). The third-order valence-corrected chi connectivity index (χ3v) is 7.13. The van der Waals surface area contributed by atoms with E-state index in [9.17, 15) is 4.79 Å². The molecule has 1 amide bonds. The van der Waals surface area contributed by atoms with Gasteiger partial charge in [0.15, 0.2) is 5.17 Å². The van der Waals surface area contributed by atoms with Crippen LogP contribution in [0.15, 0.2) is 87.6 Å². The van der Waals surface area contributed by atoms with Crippen molar-refractivity contribution in [3.63, 3.8) is 0 Å². The number of amides is 1. The molecule has 32 heavy (non-hydrogen) atoms.